The Morgan fingerprint density at radius 3 is 1.93 bits per heavy atom. The molecule has 0 aromatic rings. The number of hydrogen-bond donors (Lipinski definition) is 3. The molecule has 1 unspecified atom stereocenters. The third-order valence-corrected chi connectivity index (χ3v) is 5.51. The van der Waals surface area contributed by atoms with Crippen LogP contribution in [0.5, 0.6) is 0 Å². The summed E-state index contributed by atoms with van der Waals surface area (Å²) < 4.78 is 0. The molecule has 0 saturated heterocycles. The molecule has 0 bridgehead atoms. The first-order chi connectivity index (χ1) is 7.26. The molecule has 1 atom stereocenters. The third-order valence-electron chi connectivity index (χ3n) is 1.19. The maximum Gasteiger partial charge on any atom is 0.0226 e. The summed E-state index contributed by atoms with van der Waals surface area (Å²) >= 11 is 16.6. The largest absolute Gasteiger partial charge is 0.179 e. The second kappa shape index (κ2) is 18.1. The van der Waals surface area contributed by atoms with Gasteiger partial charge < -0.3 is 0 Å². The average Bonchev–Trinajstić information content (AvgIpc) is 2.24. The van der Waals surface area contributed by atoms with Crippen LogP contribution in [0.15, 0.2) is 0 Å². The highest BCUT2D eigenvalue weighted by Crippen LogP contribution is 2.18. The Hall–Kier alpha value is 1.75. The van der Waals surface area contributed by atoms with E-state index in [2.05, 4.69) is 51.7 Å². The van der Waals surface area contributed by atoms with Gasteiger partial charge in [-0.15, -0.1) is 0 Å². The van der Waals surface area contributed by atoms with Gasteiger partial charge in [0.1, 0.15) is 0 Å². The Morgan fingerprint density at radius 2 is 1.53 bits per heavy atom. The summed E-state index contributed by atoms with van der Waals surface area (Å²) in [5, 5.41) is 0.686. The van der Waals surface area contributed by atoms with Gasteiger partial charge in [-0.25, -0.2) is 0 Å². The van der Waals surface area contributed by atoms with Gasteiger partial charge in [0.25, 0.3) is 0 Å². The maximum atomic E-state index is 4.31. The number of hydrogen-bond acceptors (Lipinski definition) is 5. The van der Waals surface area contributed by atoms with Crippen molar-refractivity contribution < 1.29 is 0 Å². The van der Waals surface area contributed by atoms with Crippen molar-refractivity contribution in [3.63, 3.8) is 0 Å². The van der Waals surface area contributed by atoms with E-state index in [1.165, 1.54) is 12.2 Å². The summed E-state index contributed by atoms with van der Waals surface area (Å²) in [5.74, 6) is 6.39. The molecule has 5 heteroatoms. The van der Waals surface area contributed by atoms with Crippen LogP contribution in [0.1, 0.15) is 20.3 Å². The molecule has 0 amide bonds. The molecule has 0 heterocycles. The van der Waals surface area contributed by atoms with E-state index in [0.29, 0.717) is 5.25 Å². The number of thiol groups is 3. The minimum atomic E-state index is 0.686. The molecule has 0 aliphatic carbocycles. The van der Waals surface area contributed by atoms with Crippen LogP contribution in [0.4, 0.5) is 0 Å². The number of thioether (sulfide) groups is 2. The fraction of sp³-hybridized carbons (Fsp3) is 1.00. The predicted molar refractivity (Wildman–Crippen MR) is 91.1 cm³/mol. The lowest BCUT2D eigenvalue weighted by Crippen LogP contribution is -2.10. The molecule has 0 nitrogen and oxygen atoms in total. The first-order valence-electron chi connectivity index (χ1n) is 5.28. The molecule has 0 aromatic heterocycles. The van der Waals surface area contributed by atoms with Crippen molar-refractivity contribution in [1.82, 2.24) is 0 Å². The van der Waals surface area contributed by atoms with Gasteiger partial charge in [-0.3, -0.25) is 0 Å². The zero-order chi connectivity index (χ0) is 11.9. The molecule has 15 heavy (non-hydrogen) atoms. The van der Waals surface area contributed by atoms with E-state index in [9.17, 15) is 0 Å². The Kier molecular flexibility index (Phi) is 23.1. The lowest BCUT2D eigenvalue weighted by molar-refractivity contribution is 1.09. The molecule has 0 N–H and O–H groups in total. The standard InChI is InChI=1S/C7H16S5.C3H8/c8-1-3-11-6-7(5-10)12-4-2-9;1-3-2/h7-10H,1-6H2;3H2,1-2H3. The highest BCUT2D eigenvalue weighted by molar-refractivity contribution is 8.04. The Labute approximate surface area is 121 Å². The minimum Gasteiger partial charge on any atom is -0.179 e. The van der Waals surface area contributed by atoms with Crippen molar-refractivity contribution in [3.05, 3.63) is 0 Å². The zero-order valence-corrected chi connectivity index (χ0v) is 14.0. The minimum absolute atomic E-state index is 0.686. The molecule has 0 saturated carbocycles. The SMILES string of the molecule is CCC.SCCSCC(CS)SCCS. The molecule has 0 aromatic carbocycles. The second-order valence-corrected chi connectivity index (χ2v) is 6.72. The molecule has 0 spiro atoms. The van der Waals surface area contributed by atoms with Crippen LogP contribution in [-0.2, 0) is 0 Å². The number of rotatable bonds is 8. The molecule has 0 aliphatic heterocycles. The molecule has 0 rings (SSSR count). The Morgan fingerprint density at radius 1 is 1.00 bits per heavy atom. The first-order valence-corrected chi connectivity index (χ1v) is 9.38. The van der Waals surface area contributed by atoms with Crippen LogP contribution in [-0.4, -0.2) is 39.8 Å². The van der Waals surface area contributed by atoms with E-state index in [0.717, 1.165) is 28.8 Å². The summed E-state index contributed by atoms with van der Waals surface area (Å²) in [5.41, 5.74) is 0. The quantitative estimate of drug-likeness (QED) is 0.458. The highest BCUT2D eigenvalue weighted by atomic mass is 32.2. The molecule has 0 aliphatic rings. The van der Waals surface area contributed by atoms with Crippen molar-refractivity contribution >= 4 is 61.4 Å². The van der Waals surface area contributed by atoms with E-state index in [4.69, 9.17) is 0 Å². The van der Waals surface area contributed by atoms with Crippen LogP contribution in [0.2, 0.25) is 0 Å². The van der Waals surface area contributed by atoms with E-state index in [-0.39, 0.29) is 0 Å². The van der Waals surface area contributed by atoms with Crippen molar-refractivity contribution in [2.24, 2.45) is 0 Å². The van der Waals surface area contributed by atoms with Gasteiger partial charge in [0.2, 0.25) is 0 Å². The van der Waals surface area contributed by atoms with Gasteiger partial charge >= 0.3 is 0 Å². The fourth-order valence-corrected chi connectivity index (χ4v) is 3.87. The lowest BCUT2D eigenvalue weighted by Gasteiger charge is -2.12. The summed E-state index contributed by atoms with van der Waals surface area (Å²) in [6, 6.07) is 0. The van der Waals surface area contributed by atoms with Crippen molar-refractivity contribution in [1.29, 1.82) is 0 Å². The van der Waals surface area contributed by atoms with Gasteiger partial charge in [0.05, 0.1) is 0 Å². The topological polar surface area (TPSA) is 0 Å². The summed E-state index contributed by atoms with van der Waals surface area (Å²) in [7, 11) is 0. The van der Waals surface area contributed by atoms with Crippen molar-refractivity contribution in [3.8, 4) is 0 Å². The van der Waals surface area contributed by atoms with E-state index >= 15 is 0 Å². The maximum absolute atomic E-state index is 4.31. The smallest absolute Gasteiger partial charge is 0.0226 e. The monoisotopic (exact) mass is 304 g/mol. The second-order valence-electron chi connectivity index (χ2n) is 2.90. The van der Waals surface area contributed by atoms with Crippen molar-refractivity contribution in [2.45, 2.75) is 25.5 Å². The van der Waals surface area contributed by atoms with Crippen LogP contribution >= 0.6 is 61.4 Å². The molecule has 94 valence electrons. The molecule has 0 fully saturated rings. The van der Waals surface area contributed by atoms with E-state index in [1.54, 1.807) is 0 Å². The van der Waals surface area contributed by atoms with Gasteiger partial charge in [-0.1, -0.05) is 20.3 Å². The Bertz CT molecular complexity index is 99.8. The lowest BCUT2D eigenvalue weighted by atomic mass is 10.5. The summed E-state index contributed by atoms with van der Waals surface area (Å²) in [6.07, 6.45) is 1.25. The molecular formula is C10H24S5. The third kappa shape index (κ3) is 18.3. The zero-order valence-electron chi connectivity index (χ0n) is 9.69. The highest BCUT2D eigenvalue weighted by Gasteiger charge is 2.05. The predicted octanol–water partition coefficient (Wildman–Crippen LogP) is 4.03. The van der Waals surface area contributed by atoms with Crippen LogP contribution in [0, 0.1) is 0 Å². The summed E-state index contributed by atoms with van der Waals surface area (Å²) in [4.78, 5) is 0. The van der Waals surface area contributed by atoms with Crippen LogP contribution in [0.3, 0.4) is 0 Å². The van der Waals surface area contributed by atoms with E-state index in [1.807, 2.05) is 23.5 Å². The van der Waals surface area contributed by atoms with Gasteiger partial charge in [-0.2, -0.15) is 61.4 Å². The van der Waals surface area contributed by atoms with Crippen LogP contribution < -0.4 is 0 Å². The molecular weight excluding hydrogens is 280 g/mol. The van der Waals surface area contributed by atoms with Gasteiger partial charge in [0, 0.05) is 28.3 Å². The van der Waals surface area contributed by atoms with Crippen molar-refractivity contribution in [2.75, 3.05) is 34.5 Å². The summed E-state index contributed by atoms with van der Waals surface area (Å²) in [6.45, 7) is 4.25. The Balaban J connectivity index is 0. The van der Waals surface area contributed by atoms with E-state index < -0.39 is 0 Å². The normalized spacial score (nSPS) is 11.8. The van der Waals surface area contributed by atoms with Gasteiger partial charge in [-0.05, 0) is 11.5 Å². The fourth-order valence-electron chi connectivity index (χ4n) is 0.652. The van der Waals surface area contributed by atoms with Crippen LogP contribution in [0.25, 0.3) is 0 Å². The average molecular weight is 305 g/mol. The van der Waals surface area contributed by atoms with Gasteiger partial charge in [0.15, 0.2) is 0 Å². The first kappa shape index (κ1) is 19.1. The molecule has 0 radical (unpaired) electrons.